The number of carbonyl (C=O) groups excluding carboxylic acids is 1. The molecule has 0 unspecified atom stereocenters. The first-order valence-electron chi connectivity index (χ1n) is 6.82. The van der Waals surface area contributed by atoms with Gasteiger partial charge in [-0.1, -0.05) is 6.92 Å². The largest absolute Gasteiger partial charge is 0.322 e. The number of likely N-dealkylation sites (tertiary alicyclic amines) is 1. The molecule has 1 N–H and O–H groups in total. The van der Waals surface area contributed by atoms with Crippen LogP contribution in [0.25, 0.3) is 0 Å². The Morgan fingerprint density at radius 3 is 2.58 bits per heavy atom. The number of benzene rings is 1. The molecule has 1 fully saturated rings. The molecule has 1 heterocycles. The normalized spacial score (nSPS) is 23.2. The van der Waals surface area contributed by atoms with Crippen molar-refractivity contribution in [3.63, 3.8) is 0 Å². The lowest BCUT2D eigenvalue weighted by atomic mass is 9.95. The summed E-state index contributed by atoms with van der Waals surface area (Å²) in [5, 5.41) is 2.99. The lowest BCUT2D eigenvalue weighted by Crippen LogP contribution is -2.46. The molecule has 1 aromatic rings. The molecule has 1 saturated heterocycles. The number of anilines is 1. The average molecular weight is 278 g/mol. The van der Waals surface area contributed by atoms with Gasteiger partial charge in [-0.2, -0.15) is 0 Å². The fourth-order valence-corrected chi connectivity index (χ4v) is 2.85. The third-order valence-electron chi connectivity index (χ3n) is 3.72. The van der Waals surface area contributed by atoms with E-state index in [9.17, 15) is 4.79 Å². The number of piperidine rings is 1. The SMILES string of the molecule is CSc1ccc(NC(=O)N2C[C@H](C)CC[C@H]2C)cc1. The van der Waals surface area contributed by atoms with Crippen LogP contribution < -0.4 is 5.32 Å². The van der Waals surface area contributed by atoms with E-state index in [2.05, 4.69) is 19.2 Å². The van der Waals surface area contributed by atoms with Crippen molar-refractivity contribution < 1.29 is 4.79 Å². The molecule has 0 radical (unpaired) electrons. The molecule has 104 valence electrons. The second-order valence-electron chi connectivity index (χ2n) is 5.34. The van der Waals surface area contributed by atoms with Gasteiger partial charge >= 0.3 is 6.03 Å². The van der Waals surface area contributed by atoms with Gasteiger partial charge < -0.3 is 10.2 Å². The summed E-state index contributed by atoms with van der Waals surface area (Å²) < 4.78 is 0. The van der Waals surface area contributed by atoms with Gasteiger partial charge in [0.25, 0.3) is 0 Å². The van der Waals surface area contributed by atoms with Gasteiger partial charge in [-0.3, -0.25) is 0 Å². The van der Waals surface area contributed by atoms with Crippen molar-refractivity contribution in [3.05, 3.63) is 24.3 Å². The Balaban J connectivity index is 1.99. The molecule has 2 rings (SSSR count). The van der Waals surface area contributed by atoms with Crippen LogP contribution in [0.2, 0.25) is 0 Å². The zero-order valence-corrected chi connectivity index (χ0v) is 12.7. The van der Waals surface area contributed by atoms with Crippen molar-refractivity contribution in [2.24, 2.45) is 5.92 Å². The van der Waals surface area contributed by atoms with Gasteiger partial charge in [0.1, 0.15) is 0 Å². The number of nitrogens with one attached hydrogen (secondary N) is 1. The number of amides is 2. The lowest BCUT2D eigenvalue weighted by molar-refractivity contribution is 0.147. The van der Waals surface area contributed by atoms with E-state index in [4.69, 9.17) is 0 Å². The number of carbonyl (C=O) groups is 1. The van der Waals surface area contributed by atoms with Crippen molar-refractivity contribution in [1.29, 1.82) is 0 Å². The van der Waals surface area contributed by atoms with Crippen molar-refractivity contribution in [1.82, 2.24) is 4.90 Å². The highest BCUT2D eigenvalue weighted by atomic mass is 32.2. The number of hydrogen-bond acceptors (Lipinski definition) is 2. The van der Waals surface area contributed by atoms with Crippen molar-refractivity contribution >= 4 is 23.5 Å². The number of thioether (sulfide) groups is 1. The molecular weight excluding hydrogens is 256 g/mol. The molecule has 3 nitrogen and oxygen atoms in total. The van der Waals surface area contributed by atoms with Crippen molar-refractivity contribution in [3.8, 4) is 0 Å². The smallest absolute Gasteiger partial charge is 0.322 e. The quantitative estimate of drug-likeness (QED) is 0.827. The zero-order chi connectivity index (χ0) is 13.8. The Bertz CT molecular complexity index is 432. The molecule has 2 amide bonds. The van der Waals surface area contributed by atoms with Crippen LogP contribution in [0, 0.1) is 5.92 Å². The predicted octanol–water partition coefficient (Wildman–Crippen LogP) is 4.06. The summed E-state index contributed by atoms with van der Waals surface area (Å²) in [5.74, 6) is 0.598. The van der Waals surface area contributed by atoms with Gasteiger partial charge in [0.05, 0.1) is 0 Å². The van der Waals surface area contributed by atoms with Crippen LogP contribution in [-0.4, -0.2) is 29.8 Å². The predicted molar refractivity (Wildman–Crippen MR) is 81.8 cm³/mol. The minimum Gasteiger partial charge on any atom is -0.322 e. The lowest BCUT2D eigenvalue weighted by Gasteiger charge is -2.36. The fourth-order valence-electron chi connectivity index (χ4n) is 2.44. The van der Waals surface area contributed by atoms with Crippen LogP contribution in [0.5, 0.6) is 0 Å². The maximum atomic E-state index is 12.3. The Kier molecular flexibility index (Phi) is 4.75. The number of urea groups is 1. The topological polar surface area (TPSA) is 32.3 Å². The van der Waals surface area contributed by atoms with E-state index < -0.39 is 0 Å². The van der Waals surface area contributed by atoms with E-state index in [1.165, 1.54) is 11.3 Å². The summed E-state index contributed by atoms with van der Waals surface area (Å²) >= 11 is 1.70. The van der Waals surface area contributed by atoms with E-state index in [0.29, 0.717) is 12.0 Å². The Hall–Kier alpha value is -1.16. The van der Waals surface area contributed by atoms with E-state index >= 15 is 0 Å². The minimum atomic E-state index is 0.0240. The molecule has 1 aromatic carbocycles. The number of hydrogen-bond donors (Lipinski definition) is 1. The third kappa shape index (κ3) is 3.66. The second kappa shape index (κ2) is 6.33. The summed E-state index contributed by atoms with van der Waals surface area (Å²) in [4.78, 5) is 15.4. The molecule has 4 heteroatoms. The molecule has 0 saturated carbocycles. The maximum Gasteiger partial charge on any atom is 0.322 e. The van der Waals surface area contributed by atoms with Crippen molar-refractivity contribution in [2.45, 2.75) is 37.6 Å². The molecule has 1 aliphatic rings. The summed E-state index contributed by atoms with van der Waals surface area (Å²) in [5.41, 5.74) is 0.869. The van der Waals surface area contributed by atoms with Crippen LogP contribution in [-0.2, 0) is 0 Å². The summed E-state index contributed by atoms with van der Waals surface area (Å²) in [6.07, 6.45) is 4.36. The fraction of sp³-hybridized carbons (Fsp3) is 0.533. The van der Waals surface area contributed by atoms with E-state index in [1.807, 2.05) is 35.4 Å². The number of rotatable bonds is 2. The highest BCUT2D eigenvalue weighted by Gasteiger charge is 2.26. The standard InChI is InChI=1S/C15H22N2OS/c1-11-4-5-12(2)17(10-11)15(18)16-13-6-8-14(19-3)9-7-13/h6-9,11-12H,4-5,10H2,1-3H3,(H,16,18)/t11-,12-/m1/s1. The molecular formula is C15H22N2OS. The average Bonchev–Trinajstić information content (AvgIpc) is 2.42. The molecule has 2 atom stereocenters. The molecule has 0 aliphatic carbocycles. The third-order valence-corrected chi connectivity index (χ3v) is 4.46. The molecule has 0 spiro atoms. The first-order valence-corrected chi connectivity index (χ1v) is 8.04. The van der Waals surface area contributed by atoms with Crippen LogP contribution >= 0.6 is 11.8 Å². The molecule has 1 aliphatic heterocycles. The van der Waals surface area contributed by atoms with Crippen LogP contribution in [0.4, 0.5) is 10.5 Å². The maximum absolute atomic E-state index is 12.3. The first-order chi connectivity index (χ1) is 9.10. The van der Waals surface area contributed by atoms with Gasteiger partial charge in [-0.05, 0) is 56.2 Å². The zero-order valence-electron chi connectivity index (χ0n) is 11.8. The highest BCUT2D eigenvalue weighted by molar-refractivity contribution is 7.98. The van der Waals surface area contributed by atoms with Crippen LogP contribution in [0.1, 0.15) is 26.7 Å². The van der Waals surface area contributed by atoms with E-state index in [-0.39, 0.29) is 6.03 Å². The molecule has 0 bridgehead atoms. The minimum absolute atomic E-state index is 0.0240. The van der Waals surface area contributed by atoms with Gasteiger partial charge in [-0.15, -0.1) is 11.8 Å². The second-order valence-corrected chi connectivity index (χ2v) is 6.22. The summed E-state index contributed by atoms with van der Waals surface area (Å²) in [6.45, 7) is 5.19. The van der Waals surface area contributed by atoms with Gasteiger partial charge in [0.2, 0.25) is 0 Å². The highest BCUT2D eigenvalue weighted by Crippen LogP contribution is 2.23. The Morgan fingerprint density at radius 1 is 1.26 bits per heavy atom. The van der Waals surface area contributed by atoms with E-state index in [1.54, 1.807) is 11.8 Å². The van der Waals surface area contributed by atoms with Crippen LogP contribution in [0.3, 0.4) is 0 Å². The van der Waals surface area contributed by atoms with Gasteiger partial charge in [0.15, 0.2) is 0 Å². The Labute approximate surface area is 119 Å². The number of nitrogens with zero attached hydrogens (tertiary/aromatic N) is 1. The molecule has 0 aromatic heterocycles. The summed E-state index contributed by atoms with van der Waals surface area (Å²) in [7, 11) is 0. The van der Waals surface area contributed by atoms with Gasteiger partial charge in [0, 0.05) is 23.2 Å². The van der Waals surface area contributed by atoms with Crippen LogP contribution in [0.15, 0.2) is 29.2 Å². The van der Waals surface area contributed by atoms with E-state index in [0.717, 1.165) is 18.7 Å². The monoisotopic (exact) mass is 278 g/mol. The van der Waals surface area contributed by atoms with Gasteiger partial charge in [-0.25, -0.2) is 4.79 Å². The molecule has 19 heavy (non-hydrogen) atoms. The first kappa shape index (κ1) is 14.3. The summed E-state index contributed by atoms with van der Waals surface area (Å²) in [6, 6.07) is 8.34. The Morgan fingerprint density at radius 2 is 1.95 bits per heavy atom. The van der Waals surface area contributed by atoms with Crippen molar-refractivity contribution in [2.75, 3.05) is 18.1 Å².